The predicted molar refractivity (Wildman–Crippen MR) is 68.9 cm³/mol. The van der Waals surface area contributed by atoms with Crippen molar-refractivity contribution >= 4 is 11.8 Å². The fourth-order valence-electron chi connectivity index (χ4n) is 1.67. The molecule has 1 rings (SSSR count). The van der Waals surface area contributed by atoms with Crippen molar-refractivity contribution in [3.8, 4) is 0 Å². The Morgan fingerprint density at radius 3 is 2.28 bits per heavy atom. The average molecular weight is 256 g/mol. The molecule has 0 bridgehead atoms. The molecule has 5 heteroatoms. The van der Waals surface area contributed by atoms with Gasteiger partial charge in [-0.2, -0.15) is 0 Å². The Kier molecular flexibility index (Phi) is 4.73. The van der Waals surface area contributed by atoms with Gasteiger partial charge in [-0.05, 0) is 19.3 Å². The Hall–Kier alpha value is -1.10. The largest absolute Gasteiger partial charge is 0.388 e. The molecule has 5 nitrogen and oxygen atoms in total. The zero-order valence-electron chi connectivity index (χ0n) is 11.5. The summed E-state index contributed by atoms with van der Waals surface area (Å²) >= 11 is 0. The number of hydrogen-bond acceptors (Lipinski definition) is 3. The Bertz CT molecular complexity index is 317. The van der Waals surface area contributed by atoms with Crippen LogP contribution in [-0.2, 0) is 9.59 Å². The second kappa shape index (κ2) is 5.69. The van der Waals surface area contributed by atoms with E-state index in [1.54, 1.807) is 0 Å². The van der Waals surface area contributed by atoms with Crippen LogP contribution in [0.1, 0.15) is 46.5 Å². The maximum Gasteiger partial charge on any atom is 0.225 e. The summed E-state index contributed by atoms with van der Waals surface area (Å²) in [6.45, 7) is 6.14. The van der Waals surface area contributed by atoms with Crippen LogP contribution >= 0.6 is 0 Å². The van der Waals surface area contributed by atoms with Gasteiger partial charge in [0.1, 0.15) is 0 Å². The van der Waals surface area contributed by atoms with Gasteiger partial charge in [0, 0.05) is 24.9 Å². The van der Waals surface area contributed by atoms with Crippen LogP contribution in [0.2, 0.25) is 0 Å². The van der Waals surface area contributed by atoms with Gasteiger partial charge in [0.05, 0.1) is 5.60 Å². The summed E-state index contributed by atoms with van der Waals surface area (Å²) in [7, 11) is 0. The zero-order valence-corrected chi connectivity index (χ0v) is 11.5. The molecule has 1 aliphatic rings. The minimum Gasteiger partial charge on any atom is -0.388 e. The van der Waals surface area contributed by atoms with Crippen molar-refractivity contribution in [2.45, 2.75) is 52.1 Å². The third kappa shape index (κ3) is 4.64. The zero-order chi connectivity index (χ0) is 13.8. The molecule has 18 heavy (non-hydrogen) atoms. The molecule has 1 aliphatic carbocycles. The molecule has 0 radical (unpaired) electrons. The van der Waals surface area contributed by atoms with Crippen molar-refractivity contribution in [2.75, 3.05) is 13.1 Å². The van der Waals surface area contributed by atoms with Crippen LogP contribution in [0.25, 0.3) is 0 Å². The number of aliphatic hydroxyl groups is 1. The first-order valence-electron chi connectivity index (χ1n) is 6.50. The highest BCUT2D eigenvalue weighted by Crippen LogP contribution is 2.30. The summed E-state index contributed by atoms with van der Waals surface area (Å²) in [5, 5.41) is 15.2. The summed E-state index contributed by atoms with van der Waals surface area (Å²) in [4.78, 5) is 23.0. The van der Waals surface area contributed by atoms with Gasteiger partial charge < -0.3 is 15.7 Å². The Morgan fingerprint density at radius 1 is 1.22 bits per heavy atom. The van der Waals surface area contributed by atoms with Gasteiger partial charge in [0.25, 0.3) is 0 Å². The third-order valence-corrected chi connectivity index (χ3v) is 3.22. The normalized spacial score (nSPS) is 17.8. The topological polar surface area (TPSA) is 78.4 Å². The standard InChI is InChI=1S/C13H24N2O3/c1-12(2,3)11(17)14-8-5-10(16)15-9-13(18)6-4-7-13/h18H,4-9H2,1-3H3,(H,14,17)(H,15,16). The Balaban J connectivity index is 2.12. The fourth-order valence-corrected chi connectivity index (χ4v) is 1.67. The van der Waals surface area contributed by atoms with Gasteiger partial charge in [0.15, 0.2) is 0 Å². The minimum atomic E-state index is -0.690. The van der Waals surface area contributed by atoms with E-state index in [1.165, 1.54) is 0 Å². The fraction of sp³-hybridized carbons (Fsp3) is 0.846. The lowest BCUT2D eigenvalue weighted by atomic mass is 9.80. The molecular formula is C13H24N2O3. The first-order valence-corrected chi connectivity index (χ1v) is 6.50. The van der Waals surface area contributed by atoms with Crippen molar-refractivity contribution in [1.29, 1.82) is 0 Å². The Labute approximate surface area is 108 Å². The third-order valence-electron chi connectivity index (χ3n) is 3.22. The Morgan fingerprint density at radius 2 is 1.83 bits per heavy atom. The second-order valence-electron chi connectivity index (χ2n) is 6.11. The highest BCUT2D eigenvalue weighted by Gasteiger charge is 2.34. The molecule has 1 saturated carbocycles. The number of carbonyl (C=O) groups is 2. The SMILES string of the molecule is CC(C)(C)C(=O)NCCC(=O)NCC1(O)CCC1. The number of carbonyl (C=O) groups excluding carboxylic acids is 2. The predicted octanol–water partition coefficient (Wildman–Crippen LogP) is 0.570. The lowest BCUT2D eigenvalue weighted by Gasteiger charge is -2.36. The van der Waals surface area contributed by atoms with Gasteiger partial charge in [-0.3, -0.25) is 9.59 Å². The maximum absolute atomic E-state index is 11.5. The highest BCUT2D eigenvalue weighted by atomic mass is 16.3. The van der Waals surface area contributed by atoms with E-state index in [9.17, 15) is 14.7 Å². The van der Waals surface area contributed by atoms with Crippen molar-refractivity contribution in [3.05, 3.63) is 0 Å². The minimum absolute atomic E-state index is 0.0621. The number of nitrogens with one attached hydrogen (secondary N) is 2. The molecule has 0 aliphatic heterocycles. The lowest BCUT2D eigenvalue weighted by molar-refractivity contribution is -0.128. The maximum atomic E-state index is 11.5. The average Bonchev–Trinajstić information content (AvgIpc) is 2.22. The van der Waals surface area contributed by atoms with Crippen molar-refractivity contribution < 1.29 is 14.7 Å². The van der Waals surface area contributed by atoms with E-state index < -0.39 is 11.0 Å². The molecule has 0 aromatic rings. The van der Waals surface area contributed by atoms with E-state index in [2.05, 4.69) is 10.6 Å². The van der Waals surface area contributed by atoms with E-state index in [0.29, 0.717) is 13.1 Å². The van der Waals surface area contributed by atoms with Gasteiger partial charge in [-0.25, -0.2) is 0 Å². The molecule has 3 N–H and O–H groups in total. The molecule has 2 amide bonds. The van der Waals surface area contributed by atoms with Crippen molar-refractivity contribution in [1.82, 2.24) is 10.6 Å². The molecule has 0 aromatic carbocycles. The van der Waals surface area contributed by atoms with Crippen molar-refractivity contribution in [2.24, 2.45) is 5.41 Å². The van der Waals surface area contributed by atoms with Crippen LogP contribution < -0.4 is 10.6 Å². The lowest BCUT2D eigenvalue weighted by Crippen LogP contribution is -2.48. The van der Waals surface area contributed by atoms with Gasteiger partial charge in [-0.1, -0.05) is 20.8 Å². The van der Waals surface area contributed by atoms with Crippen LogP contribution in [0.15, 0.2) is 0 Å². The second-order valence-corrected chi connectivity index (χ2v) is 6.11. The molecule has 0 heterocycles. The van der Waals surface area contributed by atoms with Crippen LogP contribution in [0.4, 0.5) is 0 Å². The summed E-state index contributed by atoms with van der Waals surface area (Å²) in [6.07, 6.45) is 2.79. The first kappa shape index (κ1) is 15.0. The van der Waals surface area contributed by atoms with E-state index in [-0.39, 0.29) is 18.2 Å². The van der Waals surface area contributed by atoms with Gasteiger partial charge in [0.2, 0.25) is 11.8 Å². The molecule has 1 fully saturated rings. The molecule has 0 atom stereocenters. The van der Waals surface area contributed by atoms with Crippen LogP contribution in [0.3, 0.4) is 0 Å². The van der Waals surface area contributed by atoms with Gasteiger partial charge in [-0.15, -0.1) is 0 Å². The van der Waals surface area contributed by atoms with Crippen LogP contribution in [0.5, 0.6) is 0 Å². The van der Waals surface area contributed by atoms with Crippen LogP contribution in [0, 0.1) is 5.41 Å². The van der Waals surface area contributed by atoms with E-state index in [4.69, 9.17) is 0 Å². The van der Waals surface area contributed by atoms with Crippen LogP contribution in [-0.4, -0.2) is 35.6 Å². The smallest absolute Gasteiger partial charge is 0.225 e. The summed E-state index contributed by atoms with van der Waals surface area (Å²) in [5.74, 6) is -0.197. The molecule has 104 valence electrons. The number of hydrogen-bond donors (Lipinski definition) is 3. The molecule has 0 unspecified atom stereocenters. The highest BCUT2D eigenvalue weighted by molar-refractivity contribution is 5.82. The molecule has 0 aromatic heterocycles. The van der Waals surface area contributed by atoms with E-state index in [0.717, 1.165) is 19.3 Å². The quantitative estimate of drug-likeness (QED) is 0.673. The molecule has 0 saturated heterocycles. The summed E-state index contributed by atoms with van der Waals surface area (Å²) < 4.78 is 0. The number of amides is 2. The van der Waals surface area contributed by atoms with E-state index >= 15 is 0 Å². The molecular weight excluding hydrogens is 232 g/mol. The summed E-state index contributed by atoms with van der Waals surface area (Å²) in [5.41, 5.74) is -1.12. The monoisotopic (exact) mass is 256 g/mol. The van der Waals surface area contributed by atoms with E-state index in [1.807, 2.05) is 20.8 Å². The van der Waals surface area contributed by atoms with Gasteiger partial charge >= 0.3 is 0 Å². The number of rotatable bonds is 5. The first-order chi connectivity index (χ1) is 8.23. The van der Waals surface area contributed by atoms with Crippen molar-refractivity contribution in [3.63, 3.8) is 0 Å². The molecule has 0 spiro atoms. The summed E-state index contributed by atoms with van der Waals surface area (Å²) in [6, 6.07) is 0.